The fourth-order valence-electron chi connectivity index (χ4n) is 3.35. The van der Waals surface area contributed by atoms with Gasteiger partial charge in [0.05, 0.1) is 0 Å². The van der Waals surface area contributed by atoms with Crippen LogP contribution in [0.5, 0.6) is 0 Å². The normalized spacial score (nSPS) is 23.1. The van der Waals surface area contributed by atoms with E-state index in [0.717, 1.165) is 26.2 Å². The maximum atomic E-state index is 3.62. The summed E-state index contributed by atoms with van der Waals surface area (Å²) in [6.45, 7) is 8.27. The molecule has 20 heavy (non-hydrogen) atoms. The van der Waals surface area contributed by atoms with Crippen LogP contribution in [0.3, 0.4) is 0 Å². The fourth-order valence-corrected chi connectivity index (χ4v) is 3.77. The minimum absolute atomic E-state index is 0.535. The van der Waals surface area contributed by atoms with Crippen LogP contribution < -0.4 is 5.32 Å². The number of rotatable bonds is 4. The van der Waals surface area contributed by atoms with E-state index in [9.17, 15) is 0 Å². The topological polar surface area (TPSA) is 18.5 Å². The lowest BCUT2D eigenvalue weighted by Crippen LogP contribution is -2.47. The van der Waals surface area contributed by atoms with Crippen molar-refractivity contribution in [2.45, 2.75) is 18.9 Å². The fraction of sp³-hybridized carbons (Fsp3) is 0.625. The molecule has 3 nitrogen and oxygen atoms in total. The van der Waals surface area contributed by atoms with Crippen LogP contribution in [0, 0.1) is 0 Å². The highest BCUT2D eigenvalue weighted by Gasteiger charge is 2.25. The van der Waals surface area contributed by atoms with E-state index in [-0.39, 0.29) is 0 Å². The second-order valence-corrected chi connectivity index (χ2v) is 6.78. The van der Waals surface area contributed by atoms with Crippen molar-refractivity contribution in [3.63, 3.8) is 0 Å². The molecule has 0 saturated carbocycles. The smallest absolute Gasteiger partial charge is 0.0476 e. The van der Waals surface area contributed by atoms with Crippen molar-refractivity contribution >= 4 is 15.9 Å². The minimum atomic E-state index is 0.535. The highest BCUT2D eigenvalue weighted by Crippen LogP contribution is 2.26. The summed E-state index contributed by atoms with van der Waals surface area (Å²) in [5.74, 6) is 0. The molecule has 1 atom stereocenters. The van der Waals surface area contributed by atoms with Gasteiger partial charge in [0.25, 0.3) is 0 Å². The number of piperazine rings is 1. The van der Waals surface area contributed by atoms with E-state index in [1.54, 1.807) is 0 Å². The molecule has 0 radical (unpaired) electrons. The first-order valence-electron chi connectivity index (χ1n) is 7.75. The highest BCUT2D eigenvalue weighted by atomic mass is 79.9. The molecule has 0 aromatic heterocycles. The molecule has 3 rings (SSSR count). The van der Waals surface area contributed by atoms with Gasteiger partial charge in [0, 0.05) is 43.2 Å². The highest BCUT2D eigenvalue weighted by molar-refractivity contribution is 9.10. The lowest BCUT2D eigenvalue weighted by molar-refractivity contribution is 0.135. The largest absolute Gasteiger partial charge is 0.314 e. The molecule has 2 fully saturated rings. The minimum Gasteiger partial charge on any atom is -0.314 e. The number of benzene rings is 1. The molecule has 2 heterocycles. The summed E-state index contributed by atoms with van der Waals surface area (Å²) >= 11 is 3.62. The molecular weight excluding hydrogens is 314 g/mol. The summed E-state index contributed by atoms with van der Waals surface area (Å²) in [6.07, 6.45) is 2.74. The average Bonchev–Trinajstić information content (AvgIpc) is 2.99. The van der Waals surface area contributed by atoms with Crippen molar-refractivity contribution in [1.82, 2.24) is 15.1 Å². The van der Waals surface area contributed by atoms with Crippen molar-refractivity contribution < 1.29 is 0 Å². The Kier molecular flexibility index (Phi) is 5.10. The molecule has 2 aliphatic rings. The van der Waals surface area contributed by atoms with Crippen LogP contribution in [-0.2, 0) is 0 Å². The Hall–Kier alpha value is -0.420. The van der Waals surface area contributed by atoms with E-state index >= 15 is 0 Å². The molecule has 1 unspecified atom stereocenters. The number of hydrogen-bond donors (Lipinski definition) is 1. The Morgan fingerprint density at radius 3 is 2.55 bits per heavy atom. The molecule has 0 spiro atoms. The van der Waals surface area contributed by atoms with Gasteiger partial charge in [0.1, 0.15) is 0 Å². The SMILES string of the molecule is Brc1cccc(C(CN2CCCC2)N2CCNCC2)c1. The molecule has 1 aromatic carbocycles. The number of halogens is 1. The van der Waals surface area contributed by atoms with E-state index in [1.807, 2.05) is 0 Å². The van der Waals surface area contributed by atoms with Crippen LogP contribution in [0.15, 0.2) is 28.7 Å². The third-order valence-electron chi connectivity index (χ3n) is 4.46. The Labute approximate surface area is 130 Å². The first-order chi connectivity index (χ1) is 9.83. The predicted octanol–water partition coefficient (Wildman–Crippen LogP) is 2.49. The van der Waals surface area contributed by atoms with Crippen LogP contribution in [0.2, 0.25) is 0 Å². The second-order valence-electron chi connectivity index (χ2n) is 5.86. The van der Waals surface area contributed by atoms with Gasteiger partial charge >= 0.3 is 0 Å². The third-order valence-corrected chi connectivity index (χ3v) is 4.95. The quantitative estimate of drug-likeness (QED) is 0.910. The first-order valence-corrected chi connectivity index (χ1v) is 8.55. The van der Waals surface area contributed by atoms with E-state index in [2.05, 4.69) is 55.3 Å². The first kappa shape index (κ1) is 14.5. The number of nitrogens with zero attached hydrogens (tertiary/aromatic N) is 2. The predicted molar refractivity (Wildman–Crippen MR) is 87.0 cm³/mol. The van der Waals surface area contributed by atoms with Gasteiger partial charge in [-0.1, -0.05) is 28.1 Å². The summed E-state index contributed by atoms with van der Waals surface area (Å²) in [5, 5.41) is 3.46. The van der Waals surface area contributed by atoms with E-state index in [1.165, 1.54) is 42.5 Å². The van der Waals surface area contributed by atoms with Crippen LogP contribution in [-0.4, -0.2) is 55.6 Å². The zero-order chi connectivity index (χ0) is 13.8. The van der Waals surface area contributed by atoms with Gasteiger partial charge in [-0.05, 0) is 43.6 Å². The van der Waals surface area contributed by atoms with Gasteiger partial charge in [-0.25, -0.2) is 0 Å². The van der Waals surface area contributed by atoms with Gasteiger partial charge in [-0.15, -0.1) is 0 Å². The Morgan fingerprint density at radius 1 is 1.10 bits per heavy atom. The molecule has 0 aliphatic carbocycles. The van der Waals surface area contributed by atoms with Gasteiger partial charge in [0.15, 0.2) is 0 Å². The van der Waals surface area contributed by atoms with Crippen molar-refractivity contribution in [2.24, 2.45) is 0 Å². The summed E-state index contributed by atoms with van der Waals surface area (Å²) in [7, 11) is 0. The molecule has 0 amide bonds. The lowest BCUT2D eigenvalue weighted by Gasteiger charge is -2.37. The lowest BCUT2D eigenvalue weighted by atomic mass is 10.0. The average molecular weight is 338 g/mol. The van der Waals surface area contributed by atoms with Crippen LogP contribution in [0.4, 0.5) is 0 Å². The summed E-state index contributed by atoms with van der Waals surface area (Å²) in [6, 6.07) is 9.40. The van der Waals surface area contributed by atoms with E-state index < -0.39 is 0 Å². The summed E-state index contributed by atoms with van der Waals surface area (Å²) in [4.78, 5) is 5.28. The van der Waals surface area contributed by atoms with Crippen molar-refractivity contribution in [1.29, 1.82) is 0 Å². The Morgan fingerprint density at radius 2 is 1.85 bits per heavy atom. The van der Waals surface area contributed by atoms with Gasteiger partial charge < -0.3 is 10.2 Å². The maximum absolute atomic E-state index is 3.62. The molecule has 1 N–H and O–H groups in total. The Bertz CT molecular complexity index is 425. The molecule has 2 saturated heterocycles. The monoisotopic (exact) mass is 337 g/mol. The van der Waals surface area contributed by atoms with Gasteiger partial charge in [-0.2, -0.15) is 0 Å². The summed E-state index contributed by atoms with van der Waals surface area (Å²) < 4.78 is 1.19. The van der Waals surface area contributed by atoms with Gasteiger partial charge in [-0.3, -0.25) is 4.90 Å². The van der Waals surface area contributed by atoms with Crippen molar-refractivity contribution in [2.75, 3.05) is 45.8 Å². The van der Waals surface area contributed by atoms with Crippen LogP contribution in [0.25, 0.3) is 0 Å². The van der Waals surface area contributed by atoms with Crippen molar-refractivity contribution in [3.8, 4) is 0 Å². The maximum Gasteiger partial charge on any atom is 0.0476 e. The molecule has 4 heteroatoms. The van der Waals surface area contributed by atoms with Crippen LogP contribution >= 0.6 is 15.9 Å². The zero-order valence-electron chi connectivity index (χ0n) is 12.0. The number of hydrogen-bond acceptors (Lipinski definition) is 3. The molecule has 1 aromatic rings. The van der Waals surface area contributed by atoms with Crippen LogP contribution in [0.1, 0.15) is 24.4 Å². The Balaban J connectivity index is 1.77. The standard InChI is InChI=1S/C16H24BrN3/c17-15-5-3-4-14(12-15)16(13-19-8-1-2-9-19)20-10-6-18-7-11-20/h3-5,12,16,18H,1-2,6-11,13H2. The molecule has 0 bridgehead atoms. The number of likely N-dealkylation sites (tertiary alicyclic amines) is 1. The van der Waals surface area contributed by atoms with E-state index in [4.69, 9.17) is 0 Å². The summed E-state index contributed by atoms with van der Waals surface area (Å²) in [5.41, 5.74) is 1.45. The third kappa shape index (κ3) is 3.61. The molecular formula is C16H24BrN3. The van der Waals surface area contributed by atoms with Gasteiger partial charge in [0.2, 0.25) is 0 Å². The number of nitrogens with one attached hydrogen (secondary N) is 1. The molecule has 2 aliphatic heterocycles. The molecule has 110 valence electrons. The second kappa shape index (κ2) is 7.03. The van der Waals surface area contributed by atoms with Crippen molar-refractivity contribution in [3.05, 3.63) is 34.3 Å². The zero-order valence-corrected chi connectivity index (χ0v) is 13.6. The van der Waals surface area contributed by atoms with E-state index in [0.29, 0.717) is 6.04 Å².